The summed E-state index contributed by atoms with van der Waals surface area (Å²) >= 11 is 0. The lowest BCUT2D eigenvalue weighted by molar-refractivity contribution is 0.664. The molecule has 0 aromatic heterocycles. The molecule has 0 bridgehead atoms. The minimum absolute atomic E-state index is 0.142. The first-order valence-corrected chi connectivity index (χ1v) is 8.87. The summed E-state index contributed by atoms with van der Waals surface area (Å²) in [4.78, 5) is 0. The molecule has 0 heteroatoms. The van der Waals surface area contributed by atoms with Crippen LogP contribution in [0, 0.1) is 0 Å². The van der Waals surface area contributed by atoms with Crippen molar-refractivity contribution in [3.63, 3.8) is 0 Å². The van der Waals surface area contributed by atoms with Crippen molar-refractivity contribution in [1.29, 1.82) is 0 Å². The van der Waals surface area contributed by atoms with Crippen LogP contribution in [-0.2, 0) is 5.41 Å². The minimum Gasteiger partial charge on any atom is -0.0798 e. The molecule has 0 amide bonds. The number of allylic oxidation sites excluding steroid dienone is 4. The van der Waals surface area contributed by atoms with Crippen LogP contribution in [0.2, 0.25) is 0 Å². The van der Waals surface area contributed by atoms with Crippen LogP contribution in [0.5, 0.6) is 0 Å². The second-order valence-corrected chi connectivity index (χ2v) is 6.72. The van der Waals surface area contributed by atoms with Crippen molar-refractivity contribution in [1.82, 2.24) is 0 Å². The van der Waals surface area contributed by atoms with Crippen LogP contribution in [0.3, 0.4) is 0 Å². The molecule has 0 fully saturated rings. The van der Waals surface area contributed by atoms with E-state index in [1.807, 2.05) is 0 Å². The van der Waals surface area contributed by atoms with E-state index in [1.165, 1.54) is 27.8 Å². The third-order valence-corrected chi connectivity index (χ3v) is 5.32. The van der Waals surface area contributed by atoms with E-state index in [1.54, 1.807) is 0 Å². The van der Waals surface area contributed by atoms with Gasteiger partial charge in [0.1, 0.15) is 0 Å². The van der Waals surface area contributed by atoms with Crippen LogP contribution in [0.25, 0.3) is 5.57 Å². The summed E-state index contributed by atoms with van der Waals surface area (Å²) in [5.41, 5.74) is 6.66. The lowest BCUT2D eigenvalue weighted by Gasteiger charge is -2.34. The van der Waals surface area contributed by atoms with Crippen molar-refractivity contribution < 1.29 is 0 Å². The van der Waals surface area contributed by atoms with Gasteiger partial charge in [-0.05, 0) is 41.2 Å². The third kappa shape index (κ3) is 2.74. The first-order valence-electron chi connectivity index (χ1n) is 8.87. The van der Waals surface area contributed by atoms with E-state index in [2.05, 4.69) is 110 Å². The Morgan fingerprint density at radius 2 is 1.12 bits per heavy atom. The summed E-state index contributed by atoms with van der Waals surface area (Å²) in [7, 11) is 0. The van der Waals surface area contributed by atoms with Crippen LogP contribution < -0.4 is 0 Å². The standard InChI is InChI=1S/C25H22/c1-25(21-14-7-3-8-15-21,22-16-9-4-10-17-22)24-19-11-18-23(24)20-12-5-2-6-13-20/h2-18H,19H2,1H3. The highest BCUT2D eigenvalue weighted by atomic mass is 14.4. The molecule has 0 atom stereocenters. The maximum atomic E-state index is 2.36. The maximum Gasteiger partial charge on any atom is 0.0394 e. The number of hydrogen-bond acceptors (Lipinski definition) is 0. The Bertz CT molecular complexity index is 861. The second kappa shape index (κ2) is 6.57. The molecule has 0 saturated carbocycles. The van der Waals surface area contributed by atoms with E-state index in [9.17, 15) is 0 Å². The Balaban J connectivity index is 1.96. The second-order valence-electron chi connectivity index (χ2n) is 6.72. The number of benzene rings is 3. The lowest BCUT2D eigenvalue weighted by atomic mass is 9.68. The lowest BCUT2D eigenvalue weighted by Crippen LogP contribution is -2.26. The summed E-state index contributed by atoms with van der Waals surface area (Å²) < 4.78 is 0. The molecular formula is C25H22. The largest absolute Gasteiger partial charge is 0.0798 e. The van der Waals surface area contributed by atoms with E-state index in [-0.39, 0.29) is 5.41 Å². The van der Waals surface area contributed by atoms with Gasteiger partial charge in [-0.2, -0.15) is 0 Å². The fraction of sp³-hybridized carbons (Fsp3) is 0.120. The fourth-order valence-corrected chi connectivity index (χ4v) is 3.92. The zero-order valence-electron chi connectivity index (χ0n) is 14.5. The van der Waals surface area contributed by atoms with E-state index in [0.29, 0.717) is 0 Å². The first-order chi connectivity index (χ1) is 12.3. The van der Waals surface area contributed by atoms with Crippen molar-refractivity contribution in [2.24, 2.45) is 0 Å². The molecule has 0 radical (unpaired) electrons. The van der Waals surface area contributed by atoms with Gasteiger partial charge in [-0.15, -0.1) is 0 Å². The Labute approximate surface area is 150 Å². The van der Waals surface area contributed by atoms with Crippen molar-refractivity contribution in [3.05, 3.63) is 125 Å². The topological polar surface area (TPSA) is 0 Å². The SMILES string of the molecule is CC(C1=C(c2ccccc2)C=CC1)(c1ccccc1)c1ccccc1. The van der Waals surface area contributed by atoms with Gasteiger partial charge in [-0.25, -0.2) is 0 Å². The summed E-state index contributed by atoms with van der Waals surface area (Å²) in [6, 6.07) is 32.5. The monoisotopic (exact) mass is 322 g/mol. The van der Waals surface area contributed by atoms with Crippen LogP contribution in [-0.4, -0.2) is 0 Å². The Morgan fingerprint density at radius 1 is 0.640 bits per heavy atom. The molecule has 0 N–H and O–H groups in total. The average molecular weight is 322 g/mol. The van der Waals surface area contributed by atoms with Gasteiger partial charge in [0.25, 0.3) is 0 Å². The van der Waals surface area contributed by atoms with E-state index >= 15 is 0 Å². The molecule has 3 aromatic rings. The van der Waals surface area contributed by atoms with Gasteiger partial charge in [0.15, 0.2) is 0 Å². The first kappa shape index (κ1) is 15.7. The molecule has 122 valence electrons. The predicted octanol–water partition coefficient (Wildman–Crippen LogP) is 6.41. The highest BCUT2D eigenvalue weighted by Gasteiger charge is 2.35. The van der Waals surface area contributed by atoms with Gasteiger partial charge < -0.3 is 0 Å². The molecule has 4 rings (SSSR count). The molecule has 1 aliphatic carbocycles. The average Bonchev–Trinajstić information content (AvgIpc) is 3.20. The molecule has 0 unspecified atom stereocenters. The quantitative estimate of drug-likeness (QED) is 0.521. The molecule has 0 nitrogen and oxygen atoms in total. The zero-order chi connectivity index (χ0) is 17.1. The summed E-state index contributed by atoms with van der Waals surface area (Å²) in [5, 5.41) is 0. The van der Waals surface area contributed by atoms with Gasteiger partial charge in [0.05, 0.1) is 0 Å². The molecule has 0 saturated heterocycles. The molecule has 0 aliphatic heterocycles. The molecule has 0 heterocycles. The Kier molecular flexibility index (Phi) is 4.11. The van der Waals surface area contributed by atoms with Crippen molar-refractivity contribution >= 4 is 5.57 Å². The van der Waals surface area contributed by atoms with Gasteiger partial charge in [0.2, 0.25) is 0 Å². The number of hydrogen-bond donors (Lipinski definition) is 0. The highest BCUT2D eigenvalue weighted by Crippen LogP contribution is 2.46. The molecule has 25 heavy (non-hydrogen) atoms. The zero-order valence-corrected chi connectivity index (χ0v) is 14.5. The summed E-state index contributed by atoms with van der Waals surface area (Å²) in [6.07, 6.45) is 5.57. The molecule has 3 aromatic carbocycles. The van der Waals surface area contributed by atoms with Crippen LogP contribution in [0.4, 0.5) is 0 Å². The highest BCUT2D eigenvalue weighted by molar-refractivity contribution is 5.82. The number of rotatable bonds is 4. The van der Waals surface area contributed by atoms with Crippen LogP contribution in [0.15, 0.2) is 109 Å². The van der Waals surface area contributed by atoms with Crippen molar-refractivity contribution in [2.45, 2.75) is 18.8 Å². The van der Waals surface area contributed by atoms with E-state index in [4.69, 9.17) is 0 Å². The van der Waals surface area contributed by atoms with Crippen molar-refractivity contribution in [3.8, 4) is 0 Å². The van der Waals surface area contributed by atoms with E-state index in [0.717, 1.165) is 6.42 Å². The maximum absolute atomic E-state index is 2.36. The van der Waals surface area contributed by atoms with Crippen molar-refractivity contribution in [2.75, 3.05) is 0 Å². The molecule has 0 spiro atoms. The fourth-order valence-electron chi connectivity index (χ4n) is 3.92. The van der Waals surface area contributed by atoms with Crippen LogP contribution >= 0.6 is 0 Å². The minimum atomic E-state index is -0.142. The Hall–Kier alpha value is -2.86. The van der Waals surface area contributed by atoms with Gasteiger partial charge >= 0.3 is 0 Å². The van der Waals surface area contributed by atoms with Crippen LogP contribution in [0.1, 0.15) is 30.0 Å². The van der Waals surface area contributed by atoms with Gasteiger partial charge in [-0.1, -0.05) is 103 Å². The van der Waals surface area contributed by atoms with Gasteiger partial charge in [-0.3, -0.25) is 0 Å². The molecular weight excluding hydrogens is 300 g/mol. The summed E-state index contributed by atoms with van der Waals surface area (Å²) in [6.45, 7) is 2.36. The Morgan fingerprint density at radius 3 is 1.64 bits per heavy atom. The van der Waals surface area contributed by atoms with Gasteiger partial charge in [0, 0.05) is 5.41 Å². The van der Waals surface area contributed by atoms with E-state index < -0.39 is 0 Å². The summed E-state index contributed by atoms with van der Waals surface area (Å²) in [5.74, 6) is 0. The normalized spacial score (nSPS) is 14.1. The predicted molar refractivity (Wildman–Crippen MR) is 106 cm³/mol. The smallest absolute Gasteiger partial charge is 0.0394 e. The molecule has 1 aliphatic rings. The third-order valence-electron chi connectivity index (χ3n) is 5.32.